The molecule has 0 saturated heterocycles. The molecule has 58 valence electrons. The quantitative estimate of drug-likeness (QED) is 0.463. The number of aliphatic hydroxyl groups is 2. The first-order chi connectivity index (χ1) is 4.36. The molecule has 0 bridgehead atoms. The highest BCUT2D eigenvalue weighted by molar-refractivity contribution is 7.80. The Bertz CT molecular complexity index is 169. The summed E-state index contributed by atoms with van der Waals surface area (Å²) in [6.07, 6.45) is 0.357. The summed E-state index contributed by atoms with van der Waals surface area (Å²) in [5, 5.41) is 17.6. The van der Waals surface area contributed by atoms with Gasteiger partial charge >= 0.3 is 0 Å². The molecule has 0 atom stereocenters. The SMILES string of the molecule is OC(=S)CC([SiH3])([SiH3])C(O)=S. The highest BCUT2D eigenvalue weighted by Crippen LogP contribution is 2.22. The molecule has 0 fully saturated rings. The third kappa shape index (κ3) is 3.40. The zero-order chi connectivity index (χ0) is 8.36. The van der Waals surface area contributed by atoms with Crippen molar-refractivity contribution in [2.24, 2.45) is 0 Å². The Balaban J connectivity index is 4.13. The van der Waals surface area contributed by atoms with Crippen LogP contribution in [0.25, 0.3) is 0 Å². The summed E-state index contributed by atoms with van der Waals surface area (Å²) >= 11 is 9.10. The first kappa shape index (κ1) is 10.2. The minimum Gasteiger partial charge on any atom is -0.502 e. The van der Waals surface area contributed by atoms with Gasteiger partial charge in [0.15, 0.2) is 10.1 Å². The van der Waals surface area contributed by atoms with Crippen molar-refractivity contribution in [2.45, 2.75) is 11.1 Å². The Kier molecular flexibility index (Phi) is 3.64. The third-order valence-corrected chi connectivity index (χ3v) is 4.25. The summed E-state index contributed by atoms with van der Waals surface area (Å²) in [6, 6.07) is 0. The van der Waals surface area contributed by atoms with Gasteiger partial charge < -0.3 is 10.2 Å². The number of thiocarbonyl (C=S) groups is 2. The lowest BCUT2D eigenvalue weighted by molar-refractivity contribution is 0.519. The molecule has 0 spiro atoms. The Hall–Kier alpha value is 0.214. The third-order valence-electron chi connectivity index (χ3n) is 1.17. The largest absolute Gasteiger partial charge is 0.502 e. The summed E-state index contributed by atoms with van der Waals surface area (Å²) in [5.41, 5.74) is 0. The van der Waals surface area contributed by atoms with Crippen LogP contribution < -0.4 is 0 Å². The predicted molar refractivity (Wildman–Crippen MR) is 57.6 cm³/mol. The maximum Gasteiger partial charge on any atom is 0.156 e. The molecule has 6 heteroatoms. The Morgan fingerprint density at radius 1 is 1.30 bits per heavy atom. The normalized spacial score (nSPS) is 16.4. The zero-order valence-corrected chi connectivity index (χ0v) is 11.6. The fraction of sp³-hybridized carbons (Fsp3) is 0.500. The van der Waals surface area contributed by atoms with E-state index in [1.165, 1.54) is 0 Å². The molecule has 0 heterocycles. The van der Waals surface area contributed by atoms with E-state index >= 15 is 0 Å². The van der Waals surface area contributed by atoms with E-state index in [-0.39, 0.29) is 14.8 Å². The summed E-state index contributed by atoms with van der Waals surface area (Å²) in [7, 11) is 1.51. The van der Waals surface area contributed by atoms with Crippen LogP contribution in [0.1, 0.15) is 6.42 Å². The van der Waals surface area contributed by atoms with Gasteiger partial charge in [-0.3, -0.25) is 0 Å². The van der Waals surface area contributed by atoms with E-state index in [2.05, 4.69) is 24.4 Å². The van der Waals surface area contributed by atoms with E-state index in [0.717, 1.165) is 20.5 Å². The smallest absolute Gasteiger partial charge is 0.156 e. The lowest BCUT2D eigenvalue weighted by Crippen LogP contribution is -2.25. The van der Waals surface area contributed by atoms with Crippen molar-refractivity contribution < 1.29 is 10.2 Å². The van der Waals surface area contributed by atoms with Crippen LogP contribution in [0.2, 0.25) is 4.66 Å². The molecule has 0 amide bonds. The van der Waals surface area contributed by atoms with Gasteiger partial charge in [0.25, 0.3) is 0 Å². The van der Waals surface area contributed by atoms with Crippen molar-refractivity contribution in [3.8, 4) is 0 Å². The number of aliphatic hydroxyl groups excluding tert-OH is 2. The number of rotatable bonds is 3. The highest BCUT2D eigenvalue weighted by atomic mass is 32.1. The van der Waals surface area contributed by atoms with Gasteiger partial charge in [0.2, 0.25) is 0 Å². The molecule has 0 aliphatic rings. The van der Waals surface area contributed by atoms with Crippen LogP contribution in [-0.2, 0) is 0 Å². The van der Waals surface area contributed by atoms with Crippen molar-refractivity contribution in [1.82, 2.24) is 0 Å². The van der Waals surface area contributed by atoms with E-state index in [1.54, 1.807) is 0 Å². The number of hydrogen-bond donors (Lipinski definition) is 2. The van der Waals surface area contributed by atoms with E-state index in [4.69, 9.17) is 10.2 Å². The van der Waals surface area contributed by atoms with Crippen LogP contribution in [0.15, 0.2) is 0 Å². The van der Waals surface area contributed by atoms with E-state index in [1.807, 2.05) is 0 Å². The summed E-state index contributed by atoms with van der Waals surface area (Å²) in [4.78, 5) is 0. The van der Waals surface area contributed by atoms with Gasteiger partial charge in [0.1, 0.15) is 0 Å². The molecule has 0 aliphatic carbocycles. The summed E-state index contributed by atoms with van der Waals surface area (Å²) in [6.45, 7) is 0. The minimum atomic E-state index is -0.304. The molecule has 2 nitrogen and oxygen atoms in total. The lowest BCUT2D eigenvalue weighted by Gasteiger charge is -2.19. The molecule has 0 aromatic heterocycles. The Morgan fingerprint density at radius 3 is 1.80 bits per heavy atom. The predicted octanol–water partition coefficient (Wildman–Crippen LogP) is -1.01. The second-order valence-electron chi connectivity index (χ2n) is 2.76. The van der Waals surface area contributed by atoms with E-state index < -0.39 is 0 Å². The van der Waals surface area contributed by atoms with Crippen LogP contribution in [-0.4, -0.2) is 40.8 Å². The van der Waals surface area contributed by atoms with Crippen molar-refractivity contribution in [2.75, 3.05) is 0 Å². The van der Waals surface area contributed by atoms with Crippen molar-refractivity contribution in [3.05, 3.63) is 0 Å². The molecule has 0 aromatic carbocycles. The molecule has 0 saturated carbocycles. The van der Waals surface area contributed by atoms with Gasteiger partial charge in [-0.25, -0.2) is 0 Å². The van der Waals surface area contributed by atoms with Gasteiger partial charge in [-0.2, -0.15) is 0 Å². The highest BCUT2D eigenvalue weighted by Gasteiger charge is 2.24. The summed E-state index contributed by atoms with van der Waals surface area (Å²) in [5.74, 6) is 0. The molecule has 2 N–H and O–H groups in total. The molecule has 0 rings (SSSR count). The average Bonchev–Trinajstić information content (AvgIpc) is 1.60. The Morgan fingerprint density at radius 2 is 1.70 bits per heavy atom. The Labute approximate surface area is 76.5 Å². The van der Waals surface area contributed by atoms with E-state index in [9.17, 15) is 0 Å². The summed E-state index contributed by atoms with van der Waals surface area (Å²) < 4.78 is -0.304. The van der Waals surface area contributed by atoms with Crippen LogP contribution in [0.4, 0.5) is 0 Å². The maximum absolute atomic E-state index is 8.96. The molecule has 0 unspecified atom stereocenters. The minimum absolute atomic E-state index is 0.00207. The molecule has 0 aromatic rings. The van der Waals surface area contributed by atoms with Gasteiger partial charge in [0.05, 0.1) is 0 Å². The second kappa shape index (κ2) is 3.56. The standard InChI is InChI=1S/C4H10O2S2Si2/c5-2(7)1-4(9,10)3(6)8/h1H2,9-10H3,(H,5,7)(H,6,8). The second-order valence-corrected chi connectivity index (χ2v) is 10.0. The van der Waals surface area contributed by atoms with Crippen LogP contribution in [0.3, 0.4) is 0 Å². The molecular weight excluding hydrogens is 200 g/mol. The maximum atomic E-state index is 8.96. The molecule has 0 aliphatic heterocycles. The zero-order valence-electron chi connectivity index (χ0n) is 5.92. The van der Waals surface area contributed by atoms with Crippen molar-refractivity contribution >= 4 is 55.0 Å². The monoisotopic (exact) mass is 210 g/mol. The van der Waals surface area contributed by atoms with E-state index in [0.29, 0.717) is 6.42 Å². The van der Waals surface area contributed by atoms with Crippen LogP contribution in [0, 0.1) is 0 Å². The first-order valence-corrected chi connectivity index (χ1v) is 5.63. The van der Waals surface area contributed by atoms with Gasteiger partial charge in [0, 0.05) is 31.6 Å². The average molecular weight is 210 g/mol. The first-order valence-electron chi connectivity index (χ1n) is 2.81. The lowest BCUT2D eigenvalue weighted by atomic mass is 10.3. The fourth-order valence-corrected chi connectivity index (χ4v) is 2.07. The molecular formula is C4H10O2S2Si2. The van der Waals surface area contributed by atoms with Crippen molar-refractivity contribution in [3.63, 3.8) is 0 Å². The van der Waals surface area contributed by atoms with Crippen molar-refractivity contribution in [1.29, 1.82) is 0 Å². The molecule has 0 radical (unpaired) electrons. The fourth-order valence-electron chi connectivity index (χ4n) is 0.454. The number of hydrogen-bond acceptors (Lipinski definition) is 2. The van der Waals surface area contributed by atoms with Crippen LogP contribution >= 0.6 is 24.4 Å². The van der Waals surface area contributed by atoms with Gasteiger partial charge in [-0.05, 0) is 24.4 Å². The molecule has 10 heavy (non-hydrogen) atoms. The van der Waals surface area contributed by atoms with Crippen LogP contribution in [0.5, 0.6) is 0 Å². The van der Waals surface area contributed by atoms with Gasteiger partial charge in [-0.15, -0.1) is 0 Å². The topological polar surface area (TPSA) is 40.5 Å². The van der Waals surface area contributed by atoms with Gasteiger partial charge in [-0.1, -0.05) is 0 Å².